The number of hydrogen-bond acceptors (Lipinski definition) is 2. The molecule has 0 unspecified atom stereocenters. The van der Waals surface area contributed by atoms with Gasteiger partial charge in [-0.15, -0.1) is 0 Å². The zero-order valence-electron chi connectivity index (χ0n) is 7.48. The van der Waals surface area contributed by atoms with Crippen LogP contribution in [0.1, 0.15) is 6.42 Å². The van der Waals surface area contributed by atoms with E-state index in [0.29, 0.717) is 18.1 Å². The van der Waals surface area contributed by atoms with Gasteiger partial charge in [0.15, 0.2) is 0 Å². The summed E-state index contributed by atoms with van der Waals surface area (Å²) in [6.07, 6.45) is 5.02. The Kier molecular flexibility index (Phi) is 2.50. The summed E-state index contributed by atoms with van der Waals surface area (Å²) in [6, 6.07) is 3.81. The van der Waals surface area contributed by atoms with Crippen LogP contribution in [-0.4, -0.2) is 15.8 Å². The van der Waals surface area contributed by atoms with E-state index in [1.165, 1.54) is 0 Å². The van der Waals surface area contributed by atoms with Gasteiger partial charge >= 0.3 is 0 Å². The molecule has 2 heterocycles. The summed E-state index contributed by atoms with van der Waals surface area (Å²) in [7, 11) is 0. The number of aryl methyl sites for hydroxylation is 1. The number of hydrogen-bond donors (Lipinski definition) is 0. The molecule has 0 bridgehead atoms. The molecule has 0 N–H and O–H groups in total. The summed E-state index contributed by atoms with van der Waals surface area (Å²) in [5.74, 6) is 0. The fraction of sp³-hybridized carbons (Fsp3) is 0.200. The highest BCUT2D eigenvalue weighted by Crippen LogP contribution is 2.21. The maximum atomic E-state index is 10.3. The highest BCUT2D eigenvalue weighted by Gasteiger charge is 2.03. The normalized spacial score (nSPS) is 10.6. The van der Waals surface area contributed by atoms with E-state index in [2.05, 4.69) is 4.98 Å². The van der Waals surface area contributed by atoms with Crippen LogP contribution >= 0.6 is 11.6 Å². The zero-order chi connectivity index (χ0) is 9.97. The van der Waals surface area contributed by atoms with Gasteiger partial charge in [-0.25, -0.2) is 4.98 Å². The van der Waals surface area contributed by atoms with Crippen LogP contribution < -0.4 is 0 Å². The van der Waals surface area contributed by atoms with E-state index in [9.17, 15) is 4.79 Å². The van der Waals surface area contributed by atoms with E-state index < -0.39 is 0 Å². The lowest BCUT2D eigenvalue weighted by Crippen LogP contribution is -1.96. The summed E-state index contributed by atoms with van der Waals surface area (Å²) in [4.78, 5) is 14.2. The fourth-order valence-corrected chi connectivity index (χ4v) is 1.69. The van der Waals surface area contributed by atoms with E-state index in [-0.39, 0.29) is 0 Å². The molecule has 0 aliphatic carbocycles. The maximum absolute atomic E-state index is 10.3. The van der Waals surface area contributed by atoms with Crippen molar-refractivity contribution < 1.29 is 4.79 Å². The molecule has 0 amide bonds. The maximum Gasteiger partial charge on any atom is 0.138 e. The molecule has 0 atom stereocenters. The standard InChI is InChI=1S/C10H9ClN2O/c11-10-8-3-6-13(5-1-7-14)9(8)2-4-12-10/h2-4,6-7H,1,5H2. The number of aromatic nitrogens is 2. The van der Waals surface area contributed by atoms with Gasteiger partial charge in [0.25, 0.3) is 0 Å². The Morgan fingerprint density at radius 3 is 3.14 bits per heavy atom. The van der Waals surface area contributed by atoms with Crippen LogP contribution in [0.4, 0.5) is 0 Å². The molecule has 2 aromatic heterocycles. The molecule has 0 aliphatic rings. The molecule has 0 aromatic carbocycles. The lowest BCUT2D eigenvalue weighted by atomic mass is 10.3. The molecule has 4 heteroatoms. The van der Waals surface area contributed by atoms with E-state index >= 15 is 0 Å². The second-order valence-electron chi connectivity index (χ2n) is 3.00. The predicted molar refractivity (Wildman–Crippen MR) is 55.4 cm³/mol. The lowest BCUT2D eigenvalue weighted by Gasteiger charge is -2.01. The van der Waals surface area contributed by atoms with Gasteiger partial charge in [0.05, 0.1) is 5.52 Å². The van der Waals surface area contributed by atoms with Crippen molar-refractivity contribution in [2.24, 2.45) is 0 Å². The number of aldehydes is 1. The number of carbonyl (C=O) groups is 1. The third-order valence-corrected chi connectivity index (χ3v) is 2.44. The average Bonchev–Trinajstić information content (AvgIpc) is 2.60. The second-order valence-corrected chi connectivity index (χ2v) is 3.36. The number of pyridine rings is 1. The fourth-order valence-electron chi connectivity index (χ4n) is 1.47. The quantitative estimate of drug-likeness (QED) is 0.573. The summed E-state index contributed by atoms with van der Waals surface area (Å²) < 4.78 is 2.00. The van der Waals surface area contributed by atoms with Gasteiger partial charge in [-0.2, -0.15) is 0 Å². The molecule has 14 heavy (non-hydrogen) atoms. The summed E-state index contributed by atoms with van der Waals surface area (Å²) >= 11 is 5.91. The highest BCUT2D eigenvalue weighted by molar-refractivity contribution is 6.34. The van der Waals surface area contributed by atoms with Gasteiger partial charge in [-0.3, -0.25) is 0 Å². The smallest absolute Gasteiger partial charge is 0.138 e. The van der Waals surface area contributed by atoms with E-state index in [1.54, 1.807) is 6.20 Å². The highest BCUT2D eigenvalue weighted by atomic mass is 35.5. The van der Waals surface area contributed by atoms with Crippen LogP contribution in [0.15, 0.2) is 24.5 Å². The SMILES string of the molecule is O=CCCn1ccc2c(Cl)nccc21. The molecule has 0 radical (unpaired) electrons. The van der Waals surface area contributed by atoms with E-state index in [1.807, 2.05) is 22.9 Å². The van der Waals surface area contributed by atoms with Crippen LogP contribution in [0.25, 0.3) is 10.9 Å². The number of nitrogens with zero attached hydrogens (tertiary/aromatic N) is 2. The summed E-state index contributed by atoms with van der Waals surface area (Å²) in [5.41, 5.74) is 1.02. The van der Waals surface area contributed by atoms with E-state index in [4.69, 9.17) is 11.6 Å². The third kappa shape index (κ3) is 1.51. The minimum Gasteiger partial charge on any atom is -0.347 e. The minimum atomic E-state index is 0.507. The first-order valence-corrected chi connectivity index (χ1v) is 4.73. The van der Waals surface area contributed by atoms with Crippen molar-refractivity contribution in [3.63, 3.8) is 0 Å². The van der Waals surface area contributed by atoms with Crippen LogP contribution in [-0.2, 0) is 11.3 Å². The molecular weight excluding hydrogens is 200 g/mol. The Hall–Kier alpha value is -1.35. The Balaban J connectivity index is 2.47. The number of rotatable bonds is 3. The van der Waals surface area contributed by atoms with Gasteiger partial charge in [0.2, 0.25) is 0 Å². The van der Waals surface area contributed by atoms with Crippen molar-refractivity contribution >= 4 is 28.8 Å². The van der Waals surface area contributed by atoms with Crippen LogP contribution in [0.3, 0.4) is 0 Å². The van der Waals surface area contributed by atoms with Crippen molar-refractivity contribution in [3.8, 4) is 0 Å². The Morgan fingerprint density at radius 2 is 2.36 bits per heavy atom. The van der Waals surface area contributed by atoms with Crippen LogP contribution in [0.5, 0.6) is 0 Å². The minimum absolute atomic E-state index is 0.507. The summed E-state index contributed by atoms with van der Waals surface area (Å²) in [5, 5.41) is 1.44. The molecule has 2 rings (SSSR count). The van der Waals surface area contributed by atoms with Gasteiger partial charge in [0, 0.05) is 30.7 Å². The van der Waals surface area contributed by atoms with Crippen molar-refractivity contribution in [1.29, 1.82) is 0 Å². The zero-order valence-corrected chi connectivity index (χ0v) is 8.24. The first-order valence-electron chi connectivity index (χ1n) is 4.36. The Bertz CT molecular complexity index is 464. The van der Waals surface area contributed by atoms with Gasteiger partial charge in [-0.05, 0) is 12.1 Å². The number of fused-ring (bicyclic) bond motifs is 1. The Labute approximate surface area is 86.3 Å². The van der Waals surface area contributed by atoms with Crippen LogP contribution in [0, 0.1) is 0 Å². The second kappa shape index (κ2) is 3.80. The average molecular weight is 209 g/mol. The topological polar surface area (TPSA) is 34.9 Å². The largest absolute Gasteiger partial charge is 0.347 e. The van der Waals surface area contributed by atoms with Crippen LogP contribution in [0.2, 0.25) is 5.15 Å². The number of halogens is 1. The monoisotopic (exact) mass is 208 g/mol. The molecule has 0 aliphatic heterocycles. The molecule has 0 saturated heterocycles. The van der Waals surface area contributed by atoms with Gasteiger partial charge in [-0.1, -0.05) is 11.6 Å². The molecule has 3 nitrogen and oxygen atoms in total. The first-order chi connectivity index (χ1) is 6.83. The third-order valence-electron chi connectivity index (χ3n) is 2.14. The van der Waals surface area contributed by atoms with Crippen molar-refractivity contribution in [2.75, 3.05) is 0 Å². The Morgan fingerprint density at radius 1 is 1.50 bits per heavy atom. The van der Waals surface area contributed by atoms with Crippen molar-refractivity contribution in [1.82, 2.24) is 9.55 Å². The predicted octanol–water partition coefficient (Wildman–Crippen LogP) is 2.28. The van der Waals surface area contributed by atoms with Gasteiger partial charge in [0.1, 0.15) is 11.4 Å². The lowest BCUT2D eigenvalue weighted by molar-refractivity contribution is -0.108. The molecule has 0 spiro atoms. The first kappa shape index (κ1) is 9.21. The van der Waals surface area contributed by atoms with Gasteiger partial charge < -0.3 is 9.36 Å². The molecule has 72 valence electrons. The molecule has 0 saturated carbocycles. The molecule has 2 aromatic rings. The molecular formula is C10H9ClN2O. The number of carbonyl (C=O) groups excluding carboxylic acids is 1. The van der Waals surface area contributed by atoms with Crippen molar-refractivity contribution in [2.45, 2.75) is 13.0 Å². The molecule has 0 fully saturated rings. The van der Waals surface area contributed by atoms with Crippen molar-refractivity contribution in [3.05, 3.63) is 29.7 Å². The van der Waals surface area contributed by atoms with E-state index in [0.717, 1.165) is 17.2 Å². The summed E-state index contributed by atoms with van der Waals surface area (Å²) in [6.45, 7) is 0.688.